The monoisotopic (exact) mass is 303 g/mol. The Kier molecular flexibility index (Phi) is 4.89. The first-order valence-corrected chi connectivity index (χ1v) is 7.00. The van der Waals surface area contributed by atoms with Gasteiger partial charge in [-0.2, -0.15) is 5.10 Å². The van der Waals surface area contributed by atoms with Crippen molar-refractivity contribution in [3.05, 3.63) is 45.7 Å². The lowest BCUT2D eigenvalue weighted by molar-refractivity contribution is 0.413. The van der Waals surface area contributed by atoms with E-state index in [1.54, 1.807) is 7.11 Å². The van der Waals surface area contributed by atoms with E-state index in [1.165, 1.54) is 0 Å². The van der Waals surface area contributed by atoms with Gasteiger partial charge in [0.1, 0.15) is 5.75 Å². The zero-order valence-electron chi connectivity index (χ0n) is 12.4. The Labute approximate surface area is 129 Å². The van der Waals surface area contributed by atoms with E-state index >= 15 is 0 Å². The lowest BCUT2D eigenvalue weighted by Crippen LogP contribution is -2.04. The SMILES string of the molecule is COc1ccc(Cn2nc(C)c(Cl)c2C)cc1C#CCN. The molecule has 0 spiro atoms. The largest absolute Gasteiger partial charge is 0.495 e. The number of aromatic nitrogens is 2. The highest BCUT2D eigenvalue weighted by atomic mass is 35.5. The third kappa shape index (κ3) is 3.38. The van der Waals surface area contributed by atoms with Crippen molar-refractivity contribution in [3.8, 4) is 17.6 Å². The molecule has 1 heterocycles. The highest BCUT2D eigenvalue weighted by Crippen LogP contribution is 2.22. The van der Waals surface area contributed by atoms with E-state index in [0.29, 0.717) is 18.1 Å². The van der Waals surface area contributed by atoms with Gasteiger partial charge in [0.25, 0.3) is 0 Å². The van der Waals surface area contributed by atoms with Crippen molar-refractivity contribution >= 4 is 11.6 Å². The van der Waals surface area contributed by atoms with Crippen molar-refractivity contribution in [1.29, 1.82) is 0 Å². The fraction of sp³-hybridized carbons (Fsp3) is 0.312. The Bertz CT molecular complexity index is 710. The highest BCUT2D eigenvalue weighted by molar-refractivity contribution is 6.31. The molecule has 5 heteroatoms. The maximum absolute atomic E-state index is 6.17. The van der Waals surface area contributed by atoms with E-state index in [2.05, 4.69) is 16.9 Å². The van der Waals surface area contributed by atoms with Gasteiger partial charge in [-0.3, -0.25) is 4.68 Å². The van der Waals surface area contributed by atoms with Crippen LogP contribution in [0.2, 0.25) is 5.02 Å². The number of aryl methyl sites for hydroxylation is 1. The molecule has 0 aliphatic heterocycles. The molecule has 110 valence electrons. The van der Waals surface area contributed by atoms with Crippen LogP contribution in [0, 0.1) is 25.7 Å². The van der Waals surface area contributed by atoms with Crippen LogP contribution in [0.15, 0.2) is 18.2 Å². The first kappa shape index (κ1) is 15.4. The van der Waals surface area contributed by atoms with Gasteiger partial charge in [-0.15, -0.1) is 0 Å². The number of nitrogens with two attached hydrogens (primary N) is 1. The molecule has 0 bridgehead atoms. The summed E-state index contributed by atoms with van der Waals surface area (Å²) in [5.74, 6) is 6.62. The topological polar surface area (TPSA) is 53.1 Å². The van der Waals surface area contributed by atoms with Crippen molar-refractivity contribution in [2.45, 2.75) is 20.4 Å². The molecule has 2 rings (SSSR count). The molecule has 0 saturated carbocycles. The van der Waals surface area contributed by atoms with E-state index in [4.69, 9.17) is 22.1 Å². The van der Waals surface area contributed by atoms with Crippen LogP contribution in [0.1, 0.15) is 22.5 Å². The molecule has 0 amide bonds. The summed E-state index contributed by atoms with van der Waals surface area (Å²) >= 11 is 6.17. The van der Waals surface area contributed by atoms with Gasteiger partial charge < -0.3 is 10.5 Å². The van der Waals surface area contributed by atoms with Crippen LogP contribution in [0.25, 0.3) is 0 Å². The van der Waals surface area contributed by atoms with E-state index in [-0.39, 0.29) is 0 Å². The minimum Gasteiger partial charge on any atom is -0.495 e. The number of hydrogen-bond acceptors (Lipinski definition) is 3. The number of rotatable bonds is 3. The molecule has 4 nitrogen and oxygen atoms in total. The molecule has 0 saturated heterocycles. The second-order valence-corrected chi connectivity index (χ2v) is 5.06. The number of nitrogens with zero attached hydrogens (tertiary/aromatic N) is 2. The lowest BCUT2D eigenvalue weighted by Gasteiger charge is -2.08. The minimum absolute atomic E-state index is 0.320. The average molecular weight is 304 g/mol. The number of halogens is 1. The van der Waals surface area contributed by atoms with Crippen molar-refractivity contribution in [2.24, 2.45) is 5.73 Å². The molecule has 0 aliphatic carbocycles. The van der Waals surface area contributed by atoms with Crippen LogP contribution in [0.5, 0.6) is 5.75 Å². The lowest BCUT2D eigenvalue weighted by atomic mass is 10.1. The maximum atomic E-state index is 6.17. The quantitative estimate of drug-likeness (QED) is 0.887. The van der Waals surface area contributed by atoms with E-state index in [0.717, 1.165) is 28.3 Å². The third-order valence-electron chi connectivity index (χ3n) is 3.21. The Morgan fingerprint density at radius 1 is 1.38 bits per heavy atom. The summed E-state index contributed by atoms with van der Waals surface area (Å²) in [6.07, 6.45) is 0. The summed E-state index contributed by atoms with van der Waals surface area (Å²) in [7, 11) is 1.63. The molecule has 2 N–H and O–H groups in total. The Morgan fingerprint density at radius 3 is 2.71 bits per heavy atom. The van der Waals surface area contributed by atoms with Gasteiger partial charge in [0.05, 0.1) is 42.2 Å². The van der Waals surface area contributed by atoms with Crippen LogP contribution in [-0.4, -0.2) is 23.4 Å². The highest BCUT2D eigenvalue weighted by Gasteiger charge is 2.10. The average Bonchev–Trinajstić information content (AvgIpc) is 2.72. The smallest absolute Gasteiger partial charge is 0.134 e. The third-order valence-corrected chi connectivity index (χ3v) is 3.76. The van der Waals surface area contributed by atoms with Gasteiger partial charge >= 0.3 is 0 Å². The fourth-order valence-corrected chi connectivity index (χ4v) is 2.23. The standard InChI is InChI=1S/C16H18ClN3O/c1-11-16(17)12(2)20(19-11)10-13-6-7-15(21-3)14(9-13)5-4-8-18/h6-7,9H,8,10,18H2,1-3H3. The van der Waals surface area contributed by atoms with Crippen molar-refractivity contribution in [2.75, 3.05) is 13.7 Å². The summed E-state index contributed by atoms with van der Waals surface area (Å²) in [5, 5.41) is 5.15. The number of hydrogen-bond donors (Lipinski definition) is 1. The van der Waals surface area contributed by atoms with E-state index < -0.39 is 0 Å². The Hall–Kier alpha value is -1.96. The predicted octanol–water partition coefficient (Wildman–Crippen LogP) is 2.52. The molecular weight excluding hydrogens is 286 g/mol. The summed E-state index contributed by atoms with van der Waals surface area (Å²) in [5.41, 5.74) is 9.13. The van der Waals surface area contributed by atoms with Crippen LogP contribution in [0.3, 0.4) is 0 Å². The van der Waals surface area contributed by atoms with Gasteiger partial charge in [-0.1, -0.05) is 29.5 Å². The maximum Gasteiger partial charge on any atom is 0.134 e. The van der Waals surface area contributed by atoms with Crippen molar-refractivity contribution in [1.82, 2.24) is 9.78 Å². The van der Waals surface area contributed by atoms with Crippen LogP contribution >= 0.6 is 11.6 Å². The molecule has 0 unspecified atom stereocenters. The Morgan fingerprint density at radius 2 is 2.14 bits per heavy atom. The van der Waals surface area contributed by atoms with Crippen molar-refractivity contribution in [3.63, 3.8) is 0 Å². The molecule has 0 fully saturated rings. The van der Waals surface area contributed by atoms with Crippen molar-refractivity contribution < 1.29 is 4.74 Å². The van der Waals surface area contributed by atoms with Gasteiger partial charge in [-0.05, 0) is 31.5 Å². The summed E-state index contributed by atoms with van der Waals surface area (Å²) < 4.78 is 7.20. The van der Waals surface area contributed by atoms with Gasteiger partial charge in [0, 0.05) is 0 Å². The summed E-state index contributed by atoms with van der Waals surface area (Å²) in [4.78, 5) is 0. The molecule has 1 aromatic carbocycles. The van der Waals surface area contributed by atoms with E-state index in [1.807, 2.05) is 36.7 Å². The van der Waals surface area contributed by atoms with E-state index in [9.17, 15) is 0 Å². The fourth-order valence-electron chi connectivity index (χ4n) is 2.10. The zero-order valence-corrected chi connectivity index (χ0v) is 13.2. The predicted molar refractivity (Wildman–Crippen MR) is 84.7 cm³/mol. The van der Waals surface area contributed by atoms with Gasteiger partial charge in [-0.25, -0.2) is 0 Å². The number of methoxy groups -OCH3 is 1. The molecule has 2 aromatic rings. The summed E-state index contributed by atoms with van der Waals surface area (Å²) in [6, 6.07) is 5.89. The molecule has 0 atom stereocenters. The normalized spacial score (nSPS) is 10.1. The van der Waals surface area contributed by atoms with Crippen LogP contribution in [-0.2, 0) is 6.54 Å². The summed E-state index contributed by atoms with van der Waals surface area (Å²) in [6.45, 7) is 4.82. The molecule has 21 heavy (non-hydrogen) atoms. The van der Waals surface area contributed by atoms with Gasteiger partial charge in [0.2, 0.25) is 0 Å². The van der Waals surface area contributed by atoms with Gasteiger partial charge in [0.15, 0.2) is 0 Å². The zero-order chi connectivity index (χ0) is 15.4. The van der Waals surface area contributed by atoms with Crippen LogP contribution in [0.4, 0.5) is 0 Å². The Balaban J connectivity index is 2.34. The number of benzene rings is 1. The first-order chi connectivity index (χ1) is 10.1. The second kappa shape index (κ2) is 6.66. The number of ether oxygens (including phenoxy) is 1. The molecule has 1 aromatic heterocycles. The molecule has 0 radical (unpaired) electrons. The molecular formula is C16H18ClN3O. The van der Waals surface area contributed by atoms with Crippen LogP contribution < -0.4 is 10.5 Å². The second-order valence-electron chi connectivity index (χ2n) is 4.68. The minimum atomic E-state index is 0.320. The molecule has 0 aliphatic rings. The first-order valence-electron chi connectivity index (χ1n) is 6.62.